The van der Waals surface area contributed by atoms with Crippen LogP contribution in [0.1, 0.15) is 19.3 Å². The van der Waals surface area contributed by atoms with Crippen LogP contribution in [0.5, 0.6) is 0 Å². The van der Waals surface area contributed by atoms with Gasteiger partial charge in [0.25, 0.3) is 0 Å². The molecule has 0 amide bonds. The van der Waals surface area contributed by atoms with Crippen molar-refractivity contribution in [3.63, 3.8) is 0 Å². The summed E-state index contributed by atoms with van der Waals surface area (Å²) in [5, 5.41) is 8.35. The van der Waals surface area contributed by atoms with E-state index in [1.807, 2.05) is 0 Å². The Bertz CT molecular complexity index is 158. The van der Waals surface area contributed by atoms with E-state index in [1.54, 1.807) is 0 Å². The second kappa shape index (κ2) is 5.44. The topological polar surface area (TPSA) is 55.8 Å². The van der Waals surface area contributed by atoms with Gasteiger partial charge in [0, 0.05) is 6.42 Å². The Balaban J connectivity index is 0.00000121. The molecule has 0 radical (unpaired) electrons. The Morgan fingerprint density at radius 1 is 1.58 bits per heavy atom. The van der Waals surface area contributed by atoms with Crippen LogP contribution in [-0.4, -0.2) is 71.3 Å². The van der Waals surface area contributed by atoms with Crippen LogP contribution < -0.4 is 0 Å². The fourth-order valence-electron chi connectivity index (χ4n) is 1.17. The van der Waals surface area contributed by atoms with E-state index in [2.05, 4.69) is 4.74 Å². The second-order valence-corrected chi connectivity index (χ2v) is 4.33. The minimum atomic E-state index is -1.23. The van der Waals surface area contributed by atoms with Crippen molar-refractivity contribution >= 4 is 54.1 Å². The first-order valence-corrected chi connectivity index (χ1v) is 4.68. The molecule has 4 nitrogen and oxygen atoms in total. The normalized spacial score (nSPS) is 29.0. The number of carboxylic acid groups (broad SMARTS) is 1. The molecule has 12 heavy (non-hydrogen) atoms. The first-order chi connectivity index (χ1) is 5.12. The van der Waals surface area contributed by atoms with Crippen molar-refractivity contribution in [2.24, 2.45) is 0 Å². The average Bonchev–Trinajstić information content (AvgIpc) is 1.85. The SMILES string of the molecule is O=C(O)OC1([SiH3])CCCCO1.[CaH2]. The third-order valence-electron chi connectivity index (χ3n) is 1.74. The van der Waals surface area contributed by atoms with E-state index in [0.29, 0.717) is 23.3 Å². The van der Waals surface area contributed by atoms with Gasteiger partial charge in [-0.2, -0.15) is 0 Å². The Morgan fingerprint density at radius 2 is 2.25 bits per heavy atom. The van der Waals surface area contributed by atoms with E-state index < -0.39 is 11.6 Å². The van der Waals surface area contributed by atoms with Gasteiger partial charge < -0.3 is 14.6 Å². The van der Waals surface area contributed by atoms with E-state index in [4.69, 9.17) is 9.84 Å². The predicted molar refractivity (Wildman–Crippen MR) is 50.1 cm³/mol. The van der Waals surface area contributed by atoms with Crippen LogP contribution in [0.2, 0.25) is 0 Å². The van der Waals surface area contributed by atoms with Crippen LogP contribution in [0.15, 0.2) is 0 Å². The Labute approximate surface area is 104 Å². The second-order valence-electron chi connectivity index (χ2n) is 2.81. The van der Waals surface area contributed by atoms with Crippen LogP contribution in [0.4, 0.5) is 4.79 Å². The summed E-state index contributed by atoms with van der Waals surface area (Å²) in [6.07, 6.45) is 1.48. The molecule has 1 aliphatic heterocycles. The molecule has 68 valence electrons. The molecule has 1 atom stereocenters. The summed E-state index contributed by atoms with van der Waals surface area (Å²) < 4.78 is 9.87. The molecule has 0 aromatic heterocycles. The molecule has 0 bridgehead atoms. The monoisotopic (exact) mass is 218 g/mol. The molecule has 1 saturated heterocycles. The molecule has 0 spiro atoms. The number of hydrogen-bond donors (Lipinski definition) is 1. The van der Waals surface area contributed by atoms with Gasteiger partial charge in [-0.05, 0) is 12.8 Å². The van der Waals surface area contributed by atoms with Gasteiger partial charge in [-0.1, -0.05) is 0 Å². The molecule has 1 N–H and O–H groups in total. The maximum atomic E-state index is 10.2. The number of carbonyl (C=O) groups is 1. The fourth-order valence-corrected chi connectivity index (χ4v) is 1.91. The number of ether oxygens (including phenoxy) is 2. The number of hydrogen-bond acceptors (Lipinski definition) is 3. The first kappa shape index (κ1) is 12.7. The zero-order chi connectivity index (χ0) is 8.32. The van der Waals surface area contributed by atoms with Crippen molar-refractivity contribution in [1.29, 1.82) is 0 Å². The van der Waals surface area contributed by atoms with Crippen LogP contribution in [0, 0.1) is 0 Å². The summed E-state index contributed by atoms with van der Waals surface area (Å²) >= 11 is 0. The molecular formula is C6H14CaO4Si. The van der Waals surface area contributed by atoms with Gasteiger partial charge >= 0.3 is 43.9 Å². The fraction of sp³-hybridized carbons (Fsp3) is 0.833. The van der Waals surface area contributed by atoms with Crippen LogP contribution in [0.25, 0.3) is 0 Å². The molecule has 1 heterocycles. The quantitative estimate of drug-likeness (QED) is 0.452. The summed E-state index contributed by atoms with van der Waals surface area (Å²) in [7, 11) is 0.603. The van der Waals surface area contributed by atoms with Gasteiger partial charge in [0.2, 0.25) is 0 Å². The van der Waals surface area contributed by atoms with E-state index in [1.165, 1.54) is 0 Å². The summed E-state index contributed by atoms with van der Waals surface area (Å²) in [6.45, 7) is 0.622. The molecule has 0 aromatic rings. The third kappa shape index (κ3) is 4.09. The maximum absolute atomic E-state index is 10.2. The number of rotatable bonds is 1. The van der Waals surface area contributed by atoms with Gasteiger partial charge in [0.15, 0.2) is 5.41 Å². The van der Waals surface area contributed by atoms with Crippen molar-refractivity contribution in [1.82, 2.24) is 0 Å². The van der Waals surface area contributed by atoms with Crippen LogP contribution in [-0.2, 0) is 9.47 Å². The van der Waals surface area contributed by atoms with Crippen molar-refractivity contribution < 1.29 is 19.4 Å². The summed E-state index contributed by atoms with van der Waals surface area (Å²) in [4.78, 5) is 10.2. The third-order valence-corrected chi connectivity index (χ3v) is 2.73. The average molecular weight is 218 g/mol. The van der Waals surface area contributed by atoms with E-state index in [9.17, 15) is 4.79 Å². The Kier molecular flexibility index (Phi) is 5.76. The standard InChI is InChI=1S/C6H12O4Si.Ca.2H/c7-5(8)10-6(11)3-1-2-4-9-6;;;/h1-4H2,11H3,(H,7,8);;;. The molecule has 1 rings (SSSR count). The molecule has 1 aliphatic rings. The Morgan fingerprint density at radius 3 is 2.67 bits per heavy atom. The molecule has 1 fully saturated rings. The molecule has 0 aromatic carbocycles. The summed E-state index contributed by atoms with van der Waals surface area (Å²) in [5.41, 5.74) is -0.760. The molecular weight excluding hydrogens is 204 g/mol. The molecule has 1 unspecified atom stereocenters. The predicted octanol–water partition coefficient (Wildman–Crippen LogP) is -1.02. The van der Waals surface area contributed by atoms with Crippen molar-refractivity contribution in [2.75, 3.05) is 6.61 Å². The van der Waals surface area contributed by atoms with Gasteiger partial charge in [-0.3, -0.25) is 0 Å². The van der Waals surface area contributed by atoms with Crippen LogP contribution in [0.3, 0.4) is 0 Å². The van der Waals surface area contributed by atoms with Gasteiger partial charge in [0.1, 0.15) is 0 Å². The van der Waals surface area contributed by atoms with Gasteiger partial charge in [-0.15, -0.1) is 0 Å². The van der Waals surface area contributed by atoms with Crippen LogP contribution >= 0.6 is 0 Å². The first-order valence-electron chi connectivity index (χ1n) is 3.68. The van der Waals surface area contributed by atoms with Crippen molar-refractivity contribution in [3.8, 4) is 0 Å². The minimum absolute atomic E-state index is 0. The summed E-state index contributed by atoms with van der Waals surface area (Å²) in [6, 6.07) is 0. The van der Waals surface area contributed by atoms with E-state index in [0.717, 1.165) is 12.8 Å². The van der Waals surface area contributed by atoms with Crippen molar-refractivity contribution in [3.05, 3.63) is 0 Å². The van der Waals surface area contributed by atoms with Gasteiger partial charge in [0.05, 0.1) is 16.8 Å². The molecule has 6 heteroatoms. The van der Waals surface area contributed by atoms with Crippen molar-refractivity contribution in [2.45, 2.75) is 24.7 Å². The zero-order valence-corrected chi connectivity index (χ0v) is 8.50. The Hall–Kier alpha value is 0.707. The molecule has 0 saturated carbocycles. The van der Waals surface area contributed by atoms with E-state index >= 15 is 0 Å². The van der Waals surface area contributed by atoms with Gasteiger partial charge in [-0.25, -0.2) is 4.79 Å². The zero-order valence-electron chi connectivity index (χ0n) is 6.50. The summed E-state index contributed by atoms with van der Waals surface area (Å²) in [5.74, 6) is 0. The molecule has 0 aliphatic carbocycles. The van der Waals surface area contributed by atoms with E-state index in [-0.39, 0.29) is 37.7 Å².